The van der Waals surface area contributed by atoms with Gasteiger partial charge in [-0.05, 0) is 50.5 Å². The fraction of sp³-hybridized carbons (Fsp3) is 0.522. The molecule has 12 heteroatoms. The summed E-state index contributed by atoms with van der Waals surface area (Å²) >= 11 is 0. The van der Waals surface area contributed by atoms with Gasteiger partial charge in [-0.2, -0.15) is 10.2 Å². The zero-order valence-electron chi connectivity index (χ0n) is 19.7. The molecule has 3 atom stereocenters. The van der Waals surface area contributed by atoms with Crippen molar-refractivity contribution in [2.75, 3.05) is 13.1 Å². The molecule has 0 unspecified atom stereocenters. The van der Waals surface area contributed by atoms with Gasteiger partial charge in [0.15, 0.2) is 0 Å². The van der Waals surface area contributed by atoms with Crippen LogP contribution in [-0.2, 0) is 20.8 Å². The molecule has 7 N–H and O–H groups in total. The van der Waals surface area contributed by atoms with E-state index in [1.807, 2.05) is 30.3 Å². The molecule has 0 aliphatic carbocycles. The molecule has 0 bridgehead atoms. The van der Waals surface area contributed by atoms with Gasteiger partial charge in [-0.3, -0.25) is 20.3 Å². The lowest BCUT2D eigenvalue weighted by molar-refractivity contribution is -0.149. The van der Waals surface area contributed by atoms with Crippen molar-refractivity contribution in [1.82, 2.24) is 21.0 Å². The van der Waals surface area contributed by atoms with E-state index < -0.39 is 30.1 Å². The van der Waals surface area contributed by atoms with Crippen molar-refractivity contribution < 1.29 is 24.6 Å². The van der Waals surface area contributed by atoms with E-state index in [0.717, 1.165) is 5.56 Å². The summed E-state index contributed by atoms with van der Waals surface area (Å²) in [6, 6.07) is 6.94. The first-order chi connectivity index (χ1) is 16.9. The molecule has 1 fully saturated rings. The number of rotatable bonds is 16. The first-order valence-electron chi connectivity index (χ1n) is 11.7. The lowest BCUT2D eigenvalue weighted by Crippen LogP contribution is -2.54. The number of carbonyl (C=O) groups excluding carboxylic acids is 1. The summed E-state index contributed by atoms with van der Waals surface area (Å²) in [5, 5.41) is 32.3. The Balaban J connectivity index is 1.99. The van der Waals surface area contributed by atoms with E-state index in [0.29, 0.717) is 58.0 Å². The van der Waals surface area contributed by atoms with E-state index >= 15 is 0 Å². The monoisotopic (exact) mass is 489 g/mol. The predicted octanol–water partition coefficient (Wildman–Crippen LogP) is 0.301. The van der Waals surface area contributed by atoms with Crippen molar-refractivity contribution in [1.29, 1.82) is 0 Å². The Morgan fingerprint density at radius 3 is 2.57 bits per heavy atom. The van der Waals surface area contributed by atoms with E-state index in [4.69, 9.17) is 5.84 Å². The van der Waals surface area contributed by atoms with Gasteiger partial charge >= 0.3 is 11.9 Å². The van der Waals surface area contributed by atoms with Crippen LogP contribution < -0.4 is 21.9 Å². The van der Waals surface area contributed by atoms with Gasteiger partial charge in [0.05, 0.1) is 6.04 Å². The molecular weight excluding hydrogens is 454 g/mol. The Morgan fingerprint density at radius 1 is 1.11 bits per heavy atom. The van der Waals surface area contributed by atoms with Crippen LogP contribution in [0.15, 0.2) is 40.5 Å². The minimum atomic E-state index is -1.04. The molecule has 0 radical (unpaired) electrons. The van der Waals surface area contributed by atoms with Crippen LogP contribution in [0.1, 0.15) is 44.1 Å². The van der Waals surface area contributed by atoms with E-state index in [9.17, 15) is 24.6 Å². The summed E-state index contributed by atoms with van der Waals surface area (Å²) in [7, 11) is 0. The van der Waals surface area contributed by atoms with Crippen LogP contribution in [0, 0.1) is 0 Å². The van der Waals surface area contributed by atoms with Gasteiger partial charge in [-0.15, -0.1) is 0 Å². The highest BCUT2D eigenvalue weighted by molar-refractivity contribution is 5.88. The van der Waals surface area contributed by atoms with E-state index in [1.54, 1.807) is 0 Å². The van der Waals surface area contributed by atoms with Crippen molar-refractivity contribution in [3.63, 3.8) is 0 Å². The molecule has 2 rings (SSSR count). The molecule has 0 saturated carbocycles. The number of nitrogens with one attached hydrogen (secondary N) is 3. The molecule has 192 valence electrons. The van der Waals surface area contributed by atoms with Gasteiger partial charge in [0.2, 0.25) is 5.91 Å². The number of nitrogens with zero attached hydrogens (tertiary/aromatic N) is 3. The van der Waals surface area contributed by atoms with E-state index in [-0.39, 0.29) is 5.91 Å². The van der Waals surface area contributed by atoms with Gasteiger partial charge in [0, 0.05) is 13.1 Å². The van der Waals surface area contributed by atoms with Gasteiger partial charge in [-0.25, -0.2) is 4.79 Å². The number of aryl methyl sites for hydroxylation is 1. The van der Waals surface area contributed by atoms with Crippen molar-refractivity contribution in [3.8, 4) is 0 Å². The van der Waals surface area contributed by atoms with Crippen LogP contribution in [0.5, 0.6) is 0 Å². The SMILES string of the molecule is NN=CNN=CNCCCC[C@H](N[C@@H](CCc1ccccc1)C(=O)O)C(=O)N1CCC[C@H]1C(=O)O. The Bertz CT molecular complexity index is 865. The molecule has 0 spiro atoms. The summed E-state index contributed by atoms with van der Waals surface area (Å²) in [5.41, 5.74) is 3.49. The number of carboxylic acids is 2. The third-order valence-electron chi connectivity index (χ3n) is 5.81. The number of hydrogen-bond donors (Lipinski definition) is 6. The molecular formula is C23H35N7O5. The standard InChI is InChI=1S/C23H35N7O5/c24-26-16-28-27-15-25-13-5-4-9-18(21(31)30-14-6-10-20(30)23(34)35)29-19(22(32)33)12-11-17-7-2-1-3-8-17/h1-3,7-8,15-16,18-20,29H,4-6,9-14,24H2,(H,25,27)(H,26,28)(H,32,33)(H,34,35)/t18-,19-,20-/m0/s1. The molecule has 35 heavy (non-hydrogen) atoms. The second-order valence-electron chi connectivity index (χ2n) is 8.28. The number of hydrazone groups is 2. The van der Waals surface area contributed by atoms with Crippen LogP contribution in [0.2, 0.25) is 0 Å². The maximum absolute atomic E-state index is 13.3. The van der Waals surface area contributed by atoms with Gasteiger partial charge < -0.3 is 26.3 Å². The summed E-state index contributed by atoms with van der Waals surface area (Å²) < 4.78 is 0. The minimum Gasteiger partial charge on any atom is -0.480 e. The molecule has 0 aromatic heterocycles. The van der Waals surface area contributed by atoms with Crippen molar-refractivity contribution in [3.05, 3.63) is 35.9 Å². The topological polar surface area (TPSA) is 182 Å². The fourth-order valence-corrected chi connectivity index (χ4v) is 4.03. The van der Waals surface area contributed by atoms with Crippen LogP contribution >= 0.6 is 0 Å². The molecule has 1 aromatic carbocycles. The van der Waals surface area contributed by atoms with E-state index in [2.05, 4.69) is 26.3 Å². The van der Waals surface area contributed by atoms with Gasteiger partial charge in [0.1, 0.15) is 24.8 Å². The summed E-state index contributed by atoms with van der Waals surface area (Å²) in [5.74, 6) is 2.50. The lowest BCUT2D eigenvalue weighted by atomic mass is 10.0. The molecule has 1 aliphatic heterocycles. The largest absolute Gasteiger partial charge is 0.480 e. The second-order valence-corrected chi connectivity index (χ2v) is 8.28. The number of carboxylic acid groups (broad SMARTS) is 2. The third kappa shape index (κ3) is 9.61. The van der Waals surface area contributed by atoms with Gasteiger partial charge in [0.25, 0.3) is 0 Å². The van der Waals surface area contributed by atoms with E-state index in [1.165, 1.54) is 17.6 Å². The number of hydrogen-bond acceptors (Lipinski definition) is 7. The Kier molecular flexibility index (Phi) is 12.0. The Hall–Kier alpha value is -3.67. The molecule has 1 saturated heterocycles. The number of nitrogens with two attached hydrogens (primary N) is 1. The number of carbonyl (C=O) groups is 3. The zero-order chi connectivity index (χ0) is 25.5. The normalized spacial score (nSPS) is 17.5. The lowest BCUT2D eigenvalue weighted by Gasteiger charge is -2.29. The highest BCUT2D eigenvalue weighted by atomic mass is 16.4. The van der Waals surface area contributed by atoms with Crippen LogP contribution in [0.4, 0.5) is 0 Å². The third-order valence-corrected chi connectivity index (χ3v) is 5.81. The molecule has 1 heterocycles. The smallest absolute Gasteiger partial charge is 0.326 e. The first-order valence-corrected chi connectivity index (χ1v) is 11.7. The highest BCUT2D eigenvalue weighted by Crippen LogP contribution is 2.20. The molecule has 1 aromatic rings. The number of aliphatic carboxylic acids is 2. The van der Waals surface area contributed by atoms with Crippen molar-refractivity contribution in [2.24, 2.45) is 16.0 Å². The Labute approximate surface area is 204 Å². The zero-order valence-corrected chi connectivity index (χ0v) is 19.7. The van der Waals surface area contributed by atoms with Crippen LogP contribution in [0.3, 0.4) is 0 Å². The molecule has 1 aliphatic rings. The molecule has 1 amide bonds. The number of amides is 1. The van der Waals surface area contributed by atoms with Crippen LogP contribution in [0.25, 0.3) is 0 Å². The Morgan fingerprint density at radius 2 is 1.89 bits per heavy atom. The molecule has 12 nitrogen and oxygen atoms in total. The number of benzene rings is 1. The second kappa shape index (κ2) is 15.3. The maximum atomic E-state index is 13.3. The first kappa shape index (κ1) is 27.6. The quantitative estimate of drug-likeness (QED) is 0.0625. The van der Waals surface area contributed by atoms with Gasteiger partial charge in [-0.1, -0.05) is 30.3 Å². The van der Waals surface area contributed by atoms with Crippen molar-refractivity contribution >= 4 is 30.5 Å². The fourth-order valence-electron chi connectivity index (χ4n) is 4.03. The number of unbranched alkanes of at least 4 members (excludes halogenated alkanes) is 1. The summed E-state index contributed by atoms with van der Waals surface area (Å²) in [6.07, 6.45) is 6.24. The summed E-state index contributed by atoms with van der Waals surface area (Å²) in [6.45, 7) is 0.941. The van der Waals surface area contributed by atoms with Crippen molar-refractivity contribution in [2.45, 2.75) is 63.1 Å². The highest BCUT2D eigenvalue weighted by Gasteiger charge is 2.38. The average molecular weight is 490 g/mol. The van der Waals surface area contributed by atoms with Crippen LogP contribution in [-0.4, -0.2) is 76.9 Å². The summed E-state index contributed by atoms with van der Waals surface area (Å²) in [4.78, 5) is 38.2. The number of likely N-dealkylation sites (tertiary alicyclic amines) is 1. The minimum absolute atomic E-state index is 0.308. The average Bonchev–Trinajstić information content (AvgIpc) is 3.35. The maximum Gasteiger partial charge on any atom is 0.326 e. The predicted molar refractivity (Wildman–Crippen MR) is 132 cm³/mol.